The number of nitrogens with one attached hydrogen (secondary N) is 2. The van der Waals surface area contributed by atoms with Gasteiger partial charge in [0.25, 0.3) is 0 Å². The maximum absolute atomic E-state index is 15.8. The minimum Gasteiger partial charge on any atom is -0.495 e. The number of urea groups is 1. The van der Waals surface area contributed by atoms with Crippen LogP contribution in [0, 0.1) is 6.92 Å². The molecular formula is C29H30FN3O6. The molecule has 39 heavy (non-hydrogen) atoms. The Balaban J connectivity index is 1.35. The zero-order chi connectivity index (χ0) is 28.0. The number of carboxylic acid groups (broad SMARTS) is 1. The summed E-state index contributed by atoms with van der Waals surface area (Å²) in [6, 6.07) is 17.5. The Morgan fingerprint density at radius 1 is 1.03 bits per heavy atom. The van der Waals surface area contributed by atoms with Crippen LogP contribution in [0.1, 0.15) is 34.3 Å². The molecule has 1 aliphatic rings. The SMILES string of the molecule is COc1ccccc1NC(=O)Nc1ccc(CC(=O)N2CCC[C@]2(F)COc2ccc(C(=O)O)cc2)cc1C. The van der Waals surface area contributed by atoms with E-state index in [1.807, 2.05) is 6.92 Å². The molecule has 4 rings (SSSR count). The molecule has 1 aliphatic heterocycles. The molecule has 204 valence electrons. The fourth-order valence-electron chi connectivity index (χ4n) is 4.50. The number of hydrogen-bond acceptors (Lipinski definition) is 5. The summed E-state index contributed by atoms with van der Waals surface area (Å²) < 4.78 is 26.6. The van der Waals surface area contributed by atoms with Crippen molar-refractivity contribution in [1.29, 1.82) is 0 Å². The number of carbonyl (C=O) groups is 3. The largest absolute Gasteiger partial charge is 0.495 e. The molecule has 0 bridgehead atoms. The second kappa shape index (κ2) is 11.8. The average Bonchev–Trinajstić information content (AvgIpc) is 3.31. The average molecular weight is 536 g/mol. The predicted molar refractivity (Wildman–Crippen MR) is 144 cm³/mol. The summed E-state index contributed by atoms with van der Waals surface area (Å²) >= 11 is 0. The summed E-state index contributed by atoms with van der Waals surface area (Å²) in [7, 11) is 1.52. The lowest BCUT2D eigenvalue weighted by Gasteiger charge is -2.31. The van der Waals surface area contributed by atoms with Crippen LogP contribution in [0.4, 0.5) is 20.6 Å². The number of carboxylic acids is 1. The number of carbonyl (C=O) groups excluding carboxylic acids is 2. The van der Waals surface area contributed by atoms with Crippen LogP contribution in [0.25, 0.3) is 0 Å². The van der Waals surface area contributed by atoms with Gasteiger partial charge < -0.3 is 30.1 Å². The van der Waals surface area contributed by atoms with Crippen molar-refractivity contribution in [3.63, 3.8) is 0 Å². The number of alkyl halides is 1. The molecule has 3 amide bonds. The Morgan fingerprint density at radius 3 is 2.44 bits per heavy atom. The Kier molecular flexibility index (Phi) is 8.33. The lowest BCUT2D eigenvalue weighted by atomic mass is 10.1. The first kappa shape index (κ1) is 27.4. The molecule has 0 aliphatic carbocycles. The molecule has 9 nitrogen and oxygen atoms in total. The molecule has 0 spiro atoms. The smallest absolute Gasteiger partial charge is 0.335 e. The van der Waals surface area contributed by atoms with Crippen LogP contribution < -0.4 is 20.1 Å². The number of likely N-dealkylation sites (tertiary alicyclic amines) is 1. The molecule has 1 fully saturated rings. The summed E-state index contributed by atoms with van der Waals surface area (Å²) in [5, 5.41) is 14.5. The van der Waals surface area contributed by atoms with Gasteiger partial charge in [0.05, 0.1) is 24.8 Å². The molecular weight excluding hydrogens is 505 g/mol. The molecule has 1 heterocycles. The van der Waals surface area contributed by atoms with E-state index in [4.69, 9.17) is 14.6 Å². The summed E-state index contributed by atoms with van der Waals surface area (Å²) in [6.45, 7) is 1.73. The molecule has 3 aromatic rings. The maximum Gasteiger partial charge on any atom is 0.335 e. The Morgan fingerprint density at radius 2 is 1.74 bits per heavy atom. The predicted octanol–water partition coefficient (Wildman–Crippen LogP) is 5.26. The lowest BCUT2D eigenvalue weighted by molar-refractivity contribution is -0.144. The molecule has 1 saturated heterocycles. The number of amides is 3. The Labute approximate surface area is 225 Å². The topological polar surface area (TPSA) is 117 Å². The van der Waals surface area contributed by atoms with Gasteiger partial charge in [0.15, 0.2) is 0 Å². The highest BCUT2D eigenvalue weighted by atomic mass is 19.1. The van der Waals surface area contributed by atoms with Crippen molar-refractivity contribution in [2.24, 2.45) is 0 Å². The van der Waals surface area contributed by atoms with Crippen LogP contribution in [0.2, 0.25) is 0 Å². The monoisotopic (exact) mass is 535 g/mol. The van der Waals surface area contributed by atoms with Crippen molar-refractivity contribution in [1.82, 2.24) is 4.90 Å². The summed E-state index contributed by atoms with van der Waals surface area (Å²) in [5.41, 5.74) is 2.63. The van der Waals surface area contributed by atoms with Gasteiger partial charge in [-0.3, -0.25) is 4.79 Å². The van der Waals surface area contributed by atoms with Crippen LogP contribution in [-0.4, -0.2) is 54.0 Å². The first-order chi connectivity index (χ1) is 18.7. The van der Waals surface area contributed by atoms with Gasteiger partial charge in [0.2, 0.25) is 11.7 Å². The first-order valence-electron chi connectivity index (χ1n) is 12.4. The van der Waals surface area contributed by atoms with E-state index < -0.39 is 17.8 Å². The fourth-order valence-corrected chi connectivity index (χ4v) is 4.50. The van der Waals surface area contributed by atoms with Gasteiger partial charge in [-0.15, -0.1) is 0 Å². The number of hydrogen-bond donors (Lipinski definition) is 3. The lowest BCUT2D eigenvalue weighted by Crippen LogP contribution is -2.48. The van der Waals surface area contributed by atoms with Crippen molar-refractivity contribution in [2.75, 3.05) is 30.9 Å². The third-order valence-corrected chi connectivity index (χ3v) is 6.54. The van der Waals surface area contributed by atoms with Crippen molar-refractivity contribution in [3.8, 4) is 11.5 Å². The third kappa shape index (κ3) is 6.64. The van der Waals surface area contributed by atoms with Crippen LogP contribution in [0.15, 0.2) is 66.7 Å². The van der Waals surface area contributed by atoms with E-state index >= 15 is 4.39 Å². The number of methoxy groups -OCH3 is 1. The van der Waals surface area contributed by atoms with Crippen molar-refractivity contribution >= 4 is 29.3 Å². The quantitative estimate of drug-likeness (QED) is 0.322. The van der Waals surface area contributed by atoms with Crippen LogP contribution in [-0.2, 0) is 11.2 Å². The molecule has 0 unspecified atom stereocenters. The molecule has 0 aromatic heterocycles. The van der Waals surface area contributed by atoms with Gasteiger partial charge >= 0.3 is 12.0 Å². The Hall–Kier alpha value is -4.60. The number of rotatable bonds is 9. The number of nitrogens with zero attached hydrogens (tertiary/aromatic N) is 1. The van der Waals surface area contributed by atoms with E-state index in [-0.39, 0.29) is 37.5 Å². The minimum atomic E-state index is -1.96. The van der Waals surface area contributed by atoms with Crippen molar-refractivity contribution in [2.45, 2.75) is 32.0 Å². The van der Waals surface area contributed by atoms with Gasteiger partial charge in [-0.25, -0.2) is 14.0 Å². The Bertz CT molecular complexity index is 1360. The van der Waals surface area contributed by atoms with Gasteiger partial charge in [0, 0.05) is 18.7 Å². The maximum atomic E-state index is 15.8. The number of aryl methyl sites for hydroxylation is 1. The van der Waals surface area contributed by atoms with Gasteiger partial charge in [-0.1, -0.05) is 24.3 Å². The van der Waals surface area contributed by atoms with Crippen LogP contribution in [0.3, 0.4) is 0 Å². The number of halogens is 1. The van der Waals surface area contributed by atoms with Crippen molar-refractivity contribution < 1.29 is 33.4 Å². The highest BCUT2D eigenvalue weighted by molar-refractivity contribution is 6.01. The molecule has 0 saturated carbocycles. The highest BCUT2D eigenvalue weighted by Gasteiger charge is 2.44. The molecule has 3 aromatic carbocycles. The summed E-state index contributed by atoms with van der Waals surface area (Å²) in [5.74, 6) is -2.54. The third-order valence-electron chi connectivity index (χ3n) is 6.54. The van der Waals surface area contributed by atoms with E-state index in [2.05, 4.69) is 10.6 Å². The van der Waals surface area contributed by atoms with Crippen LogP contribution in [0.5, 0.6) is 11.5 Å². The number of ether oxygens (including phenoxy) is 2. The van der Waals surface area contributed by atoms with Gasteiger partial charge in [0.1, 0.15) is 18.1 Å². The normalized spacial score (nSPS) is 16.4. The zero-order valence-corrected chi connectivity index (χ0v) is 21.7. The standard InChI is InChI=1S/C29H30FN3O6/c1-19-16-20(8-13-23(19)31-28(37)32-24-6-3-4-7-25(24)38-2)17-26(34)33-15-5-14-29(33,30)18-39-22-11-9-21(10-12-22)27(35)36/h3-4,6-13,16H,5,14-15,17-18H2,1-2H3,(H,35,36)(H2,31,32,37)/t29-/m1/s1. The molecule has 0 radical (unpaired) electrons. The fraction of sp³-hybridized carbons (Fsp3) is 0.276. The highest BCUT2D eigenvalue weighted by Crippen LogP contribution is 2.33. The first-order valence-corrected chi connectivity index (χ1v) is 12.4. The number of para-hydroxylation sites is 2. The zero-order valence-electron chi connectivity index (χ0n) is 21.7. The molecule has 1 atom stereocenters. The van der Waals surface area contributed by atoms with E-state index in [1.165, 1.54) is 36.3 Å². The van der Waals surface area contributed by atoms with E-state index in [9.17, 15) is 14.4 Å². The molecule has 3 N–H and O–H groups in total. The van der Waals surface area contributed by atoms with E-state index in [0.717, 1.165) is 5.56 Å². The van der Waals surface area contributed by atoms with E-state index in [1.54, 1.807) is 42.5 Å². The van der Waals surface area contributed by atoms with Crippen molar-refractivity contribution in [3.05, 3.63) is 83.4 Å². The molecule has 10 heteroatoms. The van der Waals surface area contributed by atoms with Gasteiger partial charge in [-0.2, -0.15) is 0 Å². The van der Waals surface area contributed by atoms with Gasteiger partial charge in [-0.05, 0) is 66.9 Å². The number of aromatic carboxylic acids is 1. The summed E-state index contributed by atoms with van der Waals surface area (Å²) in [4.78, 5) is 37.8. The number of benzene rings is 3. The second-order valence-corrected chi connectivity index (χ2v) is 9.29. The second-order valence-electron chi connectivity index (χ2n) is 9.29. The van der Waals surface area contributed by atoms with Crippen LogP contribution >= 0.6 is 0 Å². The van der Waals surface area contributed by atoms with E-state index in [0.29, 0.717) is 34.9 Å². The minimum absolute atomic E-state index is 0.00644. The summed E-state index contributed by atoms with van der Waals surface area (Å²) in [6.07, 6.45) is 0.648. The number of anilines is 2.